The van der Waals surface area contributed by atoms with E-state index in [1.54, 1.807) is 0 Å². The van der Waals surface area contributed by atoms with Gasteiger partial charge in [-0.2, -0.15) is 13.2 Å². The van der Waals surface area contributed by atoms with Gasteiger partial charge in [-0.3, -0.25) is 9.63 Å². The Kier molecular flexibility index (Phi) is 5.22. The van der Waals surface area contributed by atoms with Gasteiger partial charge in [0.2, 0.25) is 5.91 Å². The van der Waals surface area contributed by atoms with Gasteiger partial charge < -0.3 is 0 Å². The van der Waals surface area contributed by atoms with Crippen molar-refractivity contribution in [3.05, 3.63) is 35.9 Å². The highest BCUT2D eigenvalue weighted by molar-refractivity contribution is 5.77. The first-order valence-corrected chi connectivity index (χ1v) is 6.99. The van der Waals surface area contributed by atoms with Crippen molar-refractivity contribution in [2.75, 3.05) is 0 Å². The molecule has 0 bridgehead atoms. The number of carbonyl (C=O) groups is 1. The molecule has 1 aromatic rings. The van der Waals surface area contributed by atoms with Crippen LogP contribution < -0.4 is 5.48 Å². The van der Waals surface area contributed by atoms with Crippen LogP contribution in [0.15, 0.2) is 30.3 Å². The molecule has 0 spiro atoms. The van der Waals surface area contributed by atoms with Gasteiger partial charge in [-0.05, 0) is 31.2 Å². The summed E-state index contributed by atoms with van der Waals surface area (Å²) in [6, 6.07) is 9.32. The highest BCUT2D eigenvalue weighted by Crippen LogP contribution is 2.39. The van der Waals surface area contributed by atoms with Crippen LogP contribution in [0, 0.1) is 11.8 Å². The van der Waals surface area contributed by atoms with Crippen molar-refractivity contribution in [2.24, 2.45) is 11.8 Å². The molecule has 0 unspecified atom stereocenters. The molecule has 0 aliphatic heterocycles. The molecule has 1 aromatic carbocycles. The van der Waals surface area contributed by atoms with E-state index in [0.29, 0.717) is 0 Å². The number of benzene rings is 1. The van der Waals surface area contributed by atoms with Gasteiger partial charge in [0.05, 0.1) is 12.5 Å². The number of amides is 1. The second-order valence-corrected chi connectivity index (χ2v) is 5.33. The lowest BCUT2D eigenvalue weighted by molar-refractivity contribution is -0.185. The van der Waals surface area contributed by atoms with E-state index in [2.05, 4.69) is 5.48 Å². The number of carbonyl (C=O) groups excluding carboxylic acids is 1. The summed E-state index contributed by atoms with van der Waals surface area (Å²) in [6.07, 6.45) is -3.61. The van der Waals surface area contributed by atoms with E-state index in [9.17, 15) is 18.0 Å². The van der Waals surface area contributed by atoms with Gasteiger partial charge in [-0.1, -0.05) is 30.3 Å². The molecule has 3 nitrogen and oxygen atoms in total. The molecular formula is C15H18F3NO2. The standard InChI is InChI=1S/C15H18F3NO2/c16-15(17,18)13-8-6-12(7-9-13)14(20)19-21-10-11-4-2-1-3-5-11/h1-5,12-13H,6-10H2,(H,19,20). The predicted octanol–water partition coefficient (Wildman–Crippen LogP) is 3.60. The maximum atomic E-state index is 12.5. The summed E-state index contributed by atoms with van der Waals surface area (Å²) in [6.45, 7) is 0.241. The summed E-state index contributed by atoms with van der Waals surface area (Å²) < 4.78 is 37.6. The average Bonchev–Trinajstić information content (AvgIpc) is 2.47. The quantitative estimate of drug-likeness (QED) is 0.863. The third-order valence-electron chi connectivity index (χ3n) is 3.82. The van der Waals surface area contributed by atoms with Gasteiger partial charge in [0, 0.05) is 5.92 Å². The number of hydroxylamine groups is 1. The zero-order valence-electron chi connectivity index (χ0n) is 11.5. The highest BCUT2D eigenvalue weighted by atomic mass is 19.4. The van der Waals surface area contributed by atoms with Crippen molar-refractivity contribution in [3.63, 3.8) is 0 Å². The van der Waals surface area contributed by atoms with Crippen molar-refractivity contribution in [2.45, 2.75) is 38.5 Å². The van der Waals surface area contributed by atoms with E-state index in [0.717, 1.165) is 5.56 Å². The molecule has 1 saturated carbocycles. The second-order valence-electron chi connectivity index (χ2n) is 5.33. The number of hydrogen-bond acceptors (Lipinski definition) is 2. The van der Waals surface area contributed by atoms with Gasteiger partial charge in [-0.25, -0.2) is 5.48 Å². The third-order valence-corrected chi connectivity index (χ3v) is 3.82. The summed E-state index contributed by atoms with van der Waals surface area (Å²) in [4.78, 5) is 16.9. The van der Waals surface area contributed by atoms with E-state index in [1.165, 1.54) is 0 Å². The Labute approximate surface area is 121 Å². The van der Waals surface area contributed by atoms with Gasteiger partial charge in [0.1, 0.15) is 0 Å². The van der Waals surface area contributed by atoms with Crippen molar-refractivity contribution < 1.29 is 22.8 Å². The molecule has 1 amide bonds. The molecule has 0 radical (unpaired) electrons. The maximum absolute atomic E-state index is 12.5. The number of halogens is 3. The van der Waals surface area contributed by atoms with E-state index < -0.39 is 12.1 Å². The molecule has 1 aliphatic carbocycles. The monoisotopic (exact) mass is 301 g/mol. The molecule has 0 atom stereocenters. The minimum atomic E-state index is -4.15. The summed E-state index contributed by atoms with van der Waals surface area (Å²) in [7, 11) is 0. The molecule has 0 saturated heterocycles. The smallest absolute Gasteiger partial charge is 0.273 e. The van der Waals surface area contributed by atoms with Gasteiger partial charge in [0.25, 0.3) is 0 Å². The second kappa shape index (κ2) is 6.93. The van der Waals surface area contributed by atoms with Crippen LogP contribution in [0.2, 0.25) is 0 Å². The Balaban J connectivity index is 1.70. The van der Waals surface area contributed by atoms with Crippen molar-refractivity contribution in [1.82, 2.24) is 5.48 Å². The molecule has 6 heteroatoms. The Bertz CT molecular complexity index is 454. The van der Waals surface area contributed by atoms with Crippen molar-refractivity contribution >= 4 is 5.91 Å². The van der Waals surface area contributed by atoms with Crippen LogP contribution in [0.4, 0.5) is 13.2 Å². The lowest BCUT2D eigenvalue weighted by Gasteiger charge is -2.28. The Morgan fingerprint density at radius 2 is 1.76 bits per heavy atom. The van der Waals surface area contributed by atoms with Crippen LogP contribution in [0.1, 0.15) is 31.2 Å². The zero-order valence-corrected chi connectivity index (χ0v) is 11.5. The van der Waals surface area contributed by atoms with Gasteiger partial charge >= 0.3 is 6.18 Å². The van der Waals surface area contributed by atoms with Crippen LogP contribution in [-0.4, -0.2) is 12.1 Å². The Morgan fingerprint density at radius 1 is 1.14 bits per heavy atom. The van der Waals surface area contributed by atoms with Crippen LogP contribution in [0.3, 0.4) is 0 Å². The normalized spacial score (nSPS) is 22.8. The van der Waals surface area contributed by atoms with Crippen molar-refractivity contribution in [3.8, 4) is 0 Å². The number of alkyl halides is 3. The first kappa shape index (κ1) is 15.8. The predicted molar refractivity (Wildman–Crippen MR) is 70.9 cm³/mol. The summed E-state index contributed by atoms with van der Waals surface area (Å²) in [5.41, 5.74) is 3.25. The molecular weight excluding hydrogens is 283 g/mol. The van der Waals surface area contributed by atoms with E-state index >= 15 is 0 Å². The number of rotatable bonds is 4. The van der Waals surface area contributed by atoms with E-state index in [4.69, 9.17) is 4.84 Å². The third kappa shape index (κ3) is 4.74. The minimum absolute atomic E-state index is 0.0142. The fourth-order valence-electron chi connectivity index (χ4n) is 2.53. The highest BCUT2D eigenvalue weighted by Gasteiger charge is 2.42. The molecule has 0 heterocycles. The first-order chi connectivity index (χ1) is 9.97. The van der Waals surface area contributed by atoms with Gasteiger partial charge in [0.15, 0.2) is 0 Å². The van der Waals surface area contributed by atoms with Gasteiger partial charge in [-0.15, -0.1) is 0 Å². The lowest BCUT2D eigenvalue weighted by Crippen LogP contribution is -2.35. The summed E-state index contributed by atoms with van der Waals surface area (Å²) in [5.74, 6) is -1.99. The summed E-state index contributed by atoms with van der Waals surface area (Å²) in [5, 5.41) is 0. The molecule has 1 N–H and O–H groups in total. The van der Waals surface area contributed by atoms with Crippen LogP contribution in [0.5, 0.6) is 0 Å². The SMILES string of the molecule is O=C(NOCc1ccccc1)C1CCC(C(F)(F)F)CC1. The fraction of sp³-hybridized carbons (Fsp3) is 0.533. The molecule has 2 rings (SSSR count). The zero-order chi connectivity index (χ0) is 15.3. The first-order valence-electron chi connectivity index (χ1n) is 6.99. The Hall–Kier alpha value is -1.56. The Morgan fingerprint density at radius 3 is 2.33 bits per heavy atom. The number of hydrogen-bond donors (Lipinski definition) is 1. The average molecular weight is 301 g/mol. The van der Waals surface area contributed by atoms with E-state index in [-0.39, 0.29) is 44.1 Å². The molecule has 21 heavy (non-hydrogen) atoms. The van der Waals surface area contributed by atoms with Crippen LogP contribution >= 0.6 is 0 Å². The lowest BCUT2D eigenvalue weighted by atomic mass is 9.81. The fourth-order valence-corrected chi connectivity index (χ4v) is 2.53. The van der Waals surface area contributed by atoms with E-state index in [1.807, 2.05) is 30.3 Å². The molecule has 116 valence electrons. The van der Waals surface area contributed by atoms with Crippen LogP contribution in [0.25, 0.3) is 0 Å². The summed E-state index contributed by atoms with van der Waals surface area (Å²) >= 11 is 0. The number of nitrogens with one attached hydrogen (secondary N) is 1. The molecule has 0 aromatic heterocycles. The van der Waals surface area contributed by atoms with Crippen LogP contribution in [-0.2, 0) is 16.2 Å². The molecule has 1 fully saturated rings. The maximum Gasteiger partial charge on any atom is 0.391 e. The van der Waals surface area contributed by atoms with Crippen molar-refractivity contribution in [1.29, 1.82) is 0 Å². The largest absolute Gasteiger partial charge is 0.391 e. The topological polar surface area (TPSA) is 38.3 Å². The molecule has 1 aliphatic rings. The minimum Gasteiger partial charge on any atom is -0.273 e.